The van der Waals surface area contributed by atoms with Gasteiger partial charge in [-0.3, -0.25) is 4.79 Å². The van der Waals surface area contributed by atoms with E-state index < -0.39 is 0 Å². The van der Waals surface area contributed by atoms with E-state index in [9.17, 15) is 4.79 Å². The number of hydrogen-bond donors (Lipinski definition) is 0. The zero-order chi connectivity index (χ0) is 25.2. The van der Waals surface area contributed by atoms with Gasteiger partial charge in [0, 0.05) is 18.4 Å². The molecular weight excluding hydrogens is 436 g/mol. The fraction of sp³-hybridized carbons (Fsp3) is 0.323. The number of ether oxygens (including phenoxy) is 3. The quantitative estimate of drug-likeness (QED) is 0.267. The van der Waals surface area contributed by atoms with E-state index in [-0.39, 0.29) is 12.1 Å². The van der Waals surface area contributed by atoms with E-state index in [1.807, 2.05) is 43.3 Å². The fourth-order valence-electron chi connectivity index (χ4n) is 3.93. The van der Waals surface area contributed by atoms with E-state index in [1.54, 1.807) is 0 Å². The predicted octanol–water partition coefficient (Wildman–Crippen LogP) is 6.96. The topological polar surface area (TPSA) is 44.8 Å². The first-order valence-corrected chi connectivity index (χ1v) is 12.2. The van der Waals surface area contributed by atoms with Crippen LogP contribution < -0.4 is 9.47 Å². The Morgan fingerprint density at radius 3 is 2.49 bits per heavy atom. The van der Waals surface area contributed by atoms with Crippen LogP contribution in [0.2, 0.25) is 0 Å². The van der Waals surface area contributed by atoms with Gasteiger partial charge in [-0.15, -0.1) is 0 Å². The summed E-state index contributed by atoms with van der Waals surface area (Å²) in [5.74, 6) is 1.47. The molecule has 1 atom stereocenters. The average Bonchev–Trinajstić information content (AvgIpc) is 2.88. The van der Waals surface area contributed by atoms with Gasteiger partial charge in [0.2, 0.25) is 0 Å². The molecule has 4 nitrogen and oxygen atoms in total. The molecule has 0 radical (unpaired) electrons. The number of hydrogen-bond acceptors (Lipinski definition) is 4. The van der Waals surface area contributed by atoms with Crippen molar-refractivity contribution in [3.8, 4) is 11.5 Å². The van der Waals surface area contributed by atoms with Gasteiger partial charge in [0.25, 0.3) is 0 Å². The van der Waals surface area contributed by atoms with Gasteiger partial charge in [-0.2, -0.15) is 0 Å². The second-order valence-corrected chi connectivity index (χ2v) is 8.76. The molecule has 0 aromatic heterocycles. The summed E-state index contributed by atoms with van der Waals surface area (Å²) in [6, 6.07) is 22.5. The first-order valence-electron chi connectivity index (χ1n) is 12.2. The Hall–Kier alpha value is -3.53. The van der Waals surface area contributed by atoms with Crippen LogP contribution >= 0.6 is 0 Å². The maximum absolute atomic E-state index is 11.4. The van der Waals surface area contributed by atoms with E-state index >= 15 is 0 Å². The van der Waals surface area contributed by atoms with Crippen molar-refractivity contribution >= 4 is 11.5 Å². The Balaban J connectivity index is 1.59. The summed E-state index contributed by atoms with van der Waals surface area (Å²) >= 11 is 0. The Bertz CT molecular complexity index is 1130. The predicted molar refractivity (Wildman–Crippen MR) is 142 cm³/mol. The van der Waals surface area contributed by atoms with Gasteiger partial charge >= 0.3 is 5.97 Å². The molecule has 4 heteroatoms. The summed E-state index contributed by atoms with van der Waals surface area (Å²) in [4.78, 5) is 11.4. The van der Waals surface area contributed by atoms with Crippen LogP contribution in [0.4, 0.5) is 0 Å². The minimum Gasteiger partial charge on any atom is -0.493 e. The third-order valence-electron chi connectivity index (χ3n) is 6.16. The van der Waals surface area contributed by atoms with Gasteiger partial charge in [-0.05, 0) is 78.8 Å². The summed E-state index contributed by atoms with van der Waals surface area (Å²) < 4.78 is 17.1. The molecule has 184 valence electrons. The molecule has 0 bridgehead atoms. The lowest BCUT2D eigenvalue weighted by Crippen LogP contribution is -2.16. The van der Waals surface area contributed by atoms with Crippen molar-refractivity contribution in [2.75, 3.05) is 13.7 Å². The molecular formula is C31H36O4. The fourth-order valence-corrected chi connectivity index (χ4v) is 3.93. The molecule has 0 heterocycles. The van der Waals surface area contributed by atoms with Crippen LogP contribution in [0, 0.1) is 6.92 Å². The van der Waals surface area contributed by atoms with Crippen molar-refractivity contribution in [2.45, 2.75) is 52.6 Å². The first-order chi connectivity index (χ1) is 16.9. The van der Waals surface area contributed by atoms with Crippen LogP contribution in [-0.4, -0.2) is 25.8 Å². The van der Waals surface area contributed by atoms with E-state index in [2.05, 4.69) is 50.8 Å². The molecule has 3 rings (SSSR count). The number of methoxy groups -OCH3 is 1. The second-order valence-electron chi connectivity index (χ2n) is 8.76. The zero-order valence-corrected chi connectivity index (χ0v) is 21.3. The van der Waals surface area contributed by atoms with Crippen molar-refractivity contribution in [3.05, 3.63) is 101 Å². The lowest BCUT2D eigenvalue weighted by Gasteiger charge is -2.20. The van der Waals surface area contributed by atoms with Crippen molar-refractivity contribution in [3.63, 3.8) is 0 Å². The largest absolute Gasteiger partial charge is 0.493 e. The number of benzene rings is 3. The van der Waals surface area contributed by atoms with Crippen LogP contribution in [-0.2, 0) is 22.4 Å². The summed E-state index contributed by atoms with van der Waals surface area (Å²) in [5.41, 5.74) is 6.57. The minimum absolute atomic E-state index is 0.0229. The lowest BCUT2D eigenvalue weighted by atomic mass is 9.96. The highest BCUT2D eigenvalue weighted by Gasteiger charge is 2.14. The maximum Gasteiger partial charge on any atom is 0.305 e. The van der Waals surface area contributed by atoms with Crippen molar-refractivity contribution < 1.29 is 19.0 Å². The number of esters is 1. The van der Waals surface area contributed by atoms with Gasteiger partial charge in [-0.25, -0.2) is 0 Å². The zero-order valence-electron chi connectivity index (χ0n) is 21.3. The molecule has 0 aliphatic carbocycles. The number of rotatable bonds is 12. The second kappa shape index (κ2) is 12.8. The Morgan fingerprint density at radius 2 is 1.80 bits per heavy atom. The summed E-state index contributed by atoms with van der Waals surface area (Å²) in [6.07, 6.45) is 2.72. The molecule has 0 fully saturated rings. The highest BCUT2D eigenvalue weighted by molar-refractivity contribution is 5.81. The van der Waals surface area contributed by atoms with E-state index in [0.29, 0.717) is 19.4 Å². The normalized spacial score (nSPS) is 11.5. The van der Waals surface area contributed by atoms with Gasteiger partial charge < -0.3 is 14.2 Å². The monoisotopic (exact) mass is 472 g/mol. The van der Waals surface area contributed by atoms with Gasteiger partial charge in [0.15, 0.2) is 0 Å². The Labute approximate surface area is 209 Å². The van der Waals surface area contributed by atoms with Crippen molar-refractivity contribution in [2.24, 2.45) is 0 Å². The van der Waals surface area contributed by atoms with E-state index in [0.717, 1.165) is 52.2 Å². The van der Waals surface area contributed by atoms with Crippen LogP contribution in [0.5, 0.6) is 11.5 Å². The maximum atomic E-state index is 11.4. The average molecular weight is 473 g/mol. The van der Waals surface area contributed by atoms with Crippen molar-refractivity contribution in [1.82, 2.24) is 0 Å². The highest BCUT2D eigenvalue weighted by atomic mass is 16.5. The molecule has 0 aliphatic rings. The van der Waals surface area contributed by atoms with Crippen LogP contribution in [0.15, 0.2) is 73.3 Å². The molecule has 0 N–H and O–H groups in total. The van der Waals surface area contributed by atoms with Crippen LogP contribution in [0.1, 0.15) is 54.5 Å². The van der Waals surface area contributed by atoms with Gasteiger partial charge in [-0.1, -0.05) is 56.0 Å². The molecule has 3 aromatic rings. The molecule has 0 amide bonds. The number of carbonyl (C=O) groups is 1. The van der Waals surface area contributed by atoms with Crippen molar-refractivity contribution in [1.29, 1.82) is 0 Å². The molecule has 0 unspecified atom stereocenters. The number of aryl methyl sites for hydroxylation is 3. The summed E-state index contributed by atoms with van der Waals surface area (Å²) in [5, 5.41) is 0. The SMILES string of the molecule is C=C(c1ccccc1)c1cc(CC)ccc1O[C@H](C)CCOc1ccc(CCC(=O)OC)c(C)c1. The molecule has 0 saturated heterocycles. The Kier molecular flexibility index (Phi) is 9.54. The van der Waals surface area contributed by atoms with Crippen LogP contribution in [0.25, 0.3) is 5.57 Å². The Morgan fingerprint density at radius 1 is 1.03 bits per heavy atom. The smallest absolute Gasteiger partial charge is 0.305 e. The molecule has 0 aliphatic heterocycles. The summed E-state index contributed by atoms with van der Waals surface area (Å²) in [6.45, 7) is 11.1. The van der Waals surface area contributed by atoms with Crippen LogP contribution in [0.3, 0.4) is 0 Å². The third-order valence-corrected chi connectivity index (χ3v) is 6.16. The molecule has 3 aromatic carbocycles. The summed E-state index contributed by atoms with van der Waals surface area (Å²) in [7, 11) is 1.41. The molecule has 0 spiro atoms. The minimum atomic E-state index is -0.196. The van der Waals surface area contributed by atoms with E-state index in [1.165, 1.54) is 12.7 Å². The highest BCUT2D eigenvalue weighted by Crippen LogP contribution is 2.32. The van der Waals surface area contributed by atoms with Gasteiger partial charge in [0.05, 0.1) is 19.8 Å². The molecule has 0 saturated carbocycles. The number of carbonyl (C=O) groups excluding carboxylic acids is 1. The van der Waals surface area contributed by atoms with E-state index in [4.69, 9.17) is 14.2 Å². The van der Waals surface area contributed by atoms with Gasteiger partial charge in [0.1, 0.15) is 11.5 Å². The molecule has 35 heavy (non-hydrogen) atoms. The lowest BCUT2D eigenvalue weighted by molar-refractivity contribution is -0.140. The third kappa shape index (κ3) is 7.48. The standard InChI is InChI=1S/C31H36O4/c1-6-25-12-16-30(29(21-25)24(4)27-10-8-7-9-11-27)35-23(3)18-19-34-28-15-13-26(22(2)20-28)14-17-31(32)33-5/h7-13,15-16,20-21,23H,4,6,14,17-19H2,1-3,5H3/t23-/m1/s1. The first kappa shape index (κ1) is 26.1.